The third kappa shape index (κ3) is 3.03. The first-order chi connectivity index (χ1) is 2.91. The molecule has 32 valence electrons. The number of nitriles is 1. The Morgan fingerprint density at radius 1 is 1.83 bits per heavy atom. The van der Waals surface area contributed by atoms with Gasteiger partial charge in [-0.1, -0.05) is 6.08 Å². The van der Waals surface area contributed by atoms with Crippen molar-refractivity contribution in [2.45, 2.75) is 6.92 Å². The smallest absolute Gasteiger partial charge is 0.291 e. The lowest BCUT2D eigenvalue weighted by atomic mass is 10.7. The lowest BCUT2D eigenvalue weighted by Crippen LogP contribution is -1.57. The van der Waals surface area contributed by atoms with Gasteiger partial charge in [0.1, 0.15) is 6.26 Å². The zero-order chi connectivity index (χ0) is 4.83. The van der Waals surface area contributed by atoms with Gasteiger partial charge in [0.15, 0.2) is 0 Å². The fourth-order valence-electron chi connectivity index (χ4n) is 0.0985. The van der Waals surface area contributed by atoms with Gasteiger partial charge in [-0.05, 0) is 6.92 Å². The summed E-state index contributed by atoms with van der Waals surface area (Å²) in [6, 6.07) is 0. The molecule has 0 aromatic rings. The first-order valence-electron chi connectivity index (χ1n) is 1.57. The van der Waals surface area contributed by atoms with Crippen LogP contribution < -0.4 is 0 Å². The summed E-state index contributed by atoms with van der Waals surface area (Å²) in [6.45, 7) is 1.78. The van der Waals surface area contributed by atoms with Crippen LogP contribution in [0.15, 0.2) is 12.3 Å². The zero-order valence-electron chi connectivity index (χ0n) is 3.51. The van der Waals surface area contributed by atoms with Crippen molar-refractivity contribution in [2.75, 3.05) is 0 Å². The van der Waals surface area contributed by atoms with Gasteiger partial charge in [0.25, 0.3) is 6.26 Å². The minimum Gasteiger partial charge on any atom is -0.396 e. The molecule has 0 unspecified atom stereocenters. The van der Waals surface area contributed by atoms with Crippen molar-refractivity contribution >= 4 is 0 Å². The molecule has 6 heavy (non-hydrogen) atoms. The first kappa shape index (κ1) is 5.03. The second kappa shape index (κ2) is 4.03. The quantitative estimate of drug-likeness (QED) is 0.350. The molecule has 0 radical (unpaired) electrons. The van der Waals surface area contributed by atoms with E-state index in [2.05, 4.69) is 4.74 Å². The molecule has 0 aliphatic rings. The summed E-state index contributed by atoms with van der Waals surface area (Å²) in [7, 11) is 0. The average molecular weight is 83.1 g/mol. The Morgan fingerprint density at radius 3 is 2.67 bits per heavy atom. The van der Waals surface area contributed by atoms with E-state index in [0.717, 1.165) is 0 Å². The average Bonchev–Trinajstić information content (AvgIpc) is 1.61. The highest BCUT2D eigenvalue weighted by Crippen LogP contribution is 1.68. The number of hydrogen-bond donors (Lipinski definition) is 0. The van der Waals surface area contributed by atoms with Gasteiger partial charge in [0.2, 0.25) is 0 Å². The van der Waals surface area contributed by atoms with Crippen molar-refractivity contribution in [3.05, 3.63) is 12.3 Å². The van der Waals surface area contributed by atoms with Crippen LogP contribution in [0.4, 0.5) is 0 Å². The molecule has 0 spiro atoms. The van der Waals surface area contributed by atoms with E-state index in [0.29, 0.717) is 0 Å². The number of ether oxygens (including phenoxy) is 1. The molecule has 0 aromatic heterocycles. The molecular formula is C4H5NO. The van der Waals surface area contributed by atoms with Gasteiger partial charge in [-0.25, -0.2) is 0 Å². The topological polar surface area (TPSA) is 33.0 Å². The Hall–Kier alpha value is -0.970. The van der Waals surface area contributed by atoms with E-state index in [9.17, 15) is 0 Å². The van der Waals surface area contributed by atoms with E-state index >= 15 is 0 Å². The lowest BCUT2D eigenvalue weighted by Gasteiger charge is -1.71. The third-order valence-corrected chi connectivity index (χ3v) is 0.257. The van der Waals surface area contributed by atoms with Crippen molar-refractivity contribution in [2.24, 2.45) is 0 Å². The standard InChI is InChI=1S/C4H5NO/c1-2-3-6-4-5/h2-3H,1H3. The van der Waals surface area contributed by atoms with Crippen LogP contribution in [-0.2, 0) is 4.74 Å². The largest absolute Gasteiger partial charge is 0.396 e. The van der Waals surface area contributed by atoms with Gasteiger partial charge in [-0.3, -0.25) is 0 Å². The van der Waals surface area contributed by atoms with Crippen LogP contribution >= 0.6 is 0 Å². The molecular weight excluding hydrogens is 78.1 g/mol. The SMILES string of the molecule is CC=COC#N. The number of rotatable bonds is 1. The summed E-state index contributed by atoms with van der Waals surface area (Å²) in [5, 5.41) is 7.67. The number of nitrogens with zero attached hydrogens (tertiary/aromatic N) is 1. The molecule has 0 fully saturated rings. The Bertz CT molecular complexity index is 80.0. The van der Waals surface area contributed by atoms with Crippen molar-refractivity contribution in [3.8, 4) is 6.26 Å². The van der Waals surface area contributed by atoms with Gasteiger partial charge in [0, 0.05) is 0 Å². The van der Waals surface area contributed by atoms with Gasteiger partial charge in [-0.15, -0.1) is 5.26 Å². The van der Waals surface area contributed by atoms with Crippen molar-refractivity contribution in [3.63, 3.8) is 0 Å². The summed E-state index contributed by atoms with van der Waals surface area (Å²) >= 11 is 0. The van der Waals surface area contributed by atoms with Crippen LogP contribution in [0.2, 0.25) is 0 Å². The Kier molecular flexibility index (Phi) is 3.38. The molecule has 0 heterocycles. The van der Waals surface area contributed by atoms with E-state index in [-0.39, 0.29) is 0 Å². The molecule has 0 aliphatic carbocycles. The molecule has 0 aromatic carbocycles. The van der Waals surface area contributed by atoms with E-state index < -0.39 is 0 Å². The predicted molar refractivity (Wildman–Crippen MR) is 21.5 cm³/mol. The minimum absolute atomic E-state index is 1.32. The Labute approximate surface area is 36.7 Å². The number of hydrogen-bond acceptors (Lipinski definition) is 2. The second-order valence-electron chi connectivity index (χ2n) is 0.679. The zero-order valence-corrected chi connectivity index (χ0v) is 3.51. The van der Waals surface area contributed by atoms with Gasteiger partial charge in [-0.2, -0.15) is 0 Å². The maximum absolute atomic E-state index is 7.67. The molecule has 0 amide bonds. The molecule has 0 aliphatic heterocycles. The molecule has 0 rings (SSSR count). The minimum atomic E-state index is 1.32. The van der Waals surface area contributed by atoms with E-state index in [4.69, 9.17) is 5.26 Å². The lowest BCUT2D eigenvalue weighted by molar-refractivity contribution is 0.428. The molecule has 0 atom stereocenters. The Balaban J connectivity index is 2.92. The van der Waals surface area contributed by atoms with E-state index in [1.165, 1.54) is 12.5 Å². The fourth-order valence-corrected chi connectivity index (χ4v) is 0.0985. The van der Waals surface area contributed by atoms with Crippen LogP contribution in [0.1, 0.15) is 6.92 Å². The fraction of sp³-hybridized carbons (Fsp3) is 0.250. The van der Waals surface area contributed by atoms with Crippen molar-refractivity contribution in [1.82, 2.24) is 0 Å². The molecule has 0 N–H and O–H groups in total. The molecule has 2 heteroatoms. The van der Waals surface area contributed by atoms with Gasteiger partial charge in [0.05, 0.1) is 0 Å². The first-order valence-corrected chi connectivity index (χ1v) is 1.57. The maximum Gasteiger partial charge on any atom is 0.291 e. The van der Waals surface area contributed by atoms with Gasteiger partial charge < -0.3 is 4.74 Å². The third-order valence-electron chi connectivity index (χ3n) is 0.257. The highest BCUT2D eigenvalue weighted by molar-refractivity contribution is 4.69. The summed E-state index contributed by atoms with van der Waals surface area (Å²) < 4.78 is 4.11. The van der Waals surface area contributed by atoms with Crippen molar-refractivity contribution < 1.29 is 4.74 Å². The van der Waals surface area contributed by atoms with Crippen LogP contribution in [0.5, 0.6) is 0 Å². The Morgan fingerprint density at radius 2 is 2.50 bits per heavy atom. The van der Waals surface area contributed by atoms with Crippen LogP contribution in [0.25, 0.3) is 0 Å². The van der Waals surface area contributed by atoms with Crippen LogP contribution in [0.3, 0.4) is 0 Å². The highest BCUT2D eigenvalue weighted by atomic mass is 16.5. The normalized spacial score (nSPS) is 8.00. The molecule has 0 bridgehead atoms. The van der Waals surface area contributed by atoms with Crippen LogP contribution in [0, 0.1) is 11.5 Å². The van der Waals surface area contributed by atoms with Crippen LogP contribution in [-0.4, -0.2) is 0 Å². The van der Waals surface area contributed by atoms with E-state index in [1.54, 1.807) is 13.0 Å². The predicted octanol–water partition coefficient (Wildman–Crippen LogP) is 1.02. The summed E-state index contributed by atoms with van der Waals surface area (Å²) in [6.07, 6.45) is 4.44. The van der Waals surface area contributed by atoms with Crippen molar-refractivity contribution in [1.29, 1.82) is 5.26 Å². The maximum atomic E-state index is 7.67. The van der Waals surface area contributed by atoms with E-state index in [1.807, 2.05) is 0 Å². The molecule has 2 nitrogen and oxygen atoms in total. The van der Waals surface area contributed by atoms with Gasteiger partial charge >= 0.3 is 0 Å². The summed E-state index contributed by atoms with van der Waals surface area (Å²) in [5.74, 6) is 0. The monoisotopic (exact) mass is 83.0 g/mol. The molecule has 0 saturated heterocycles. The second-order valence-corrected chi connectivity index (χ2v) is 0.679. The summed E-state index contributed by atoms with van der Waals surface area (Å²) in [5.41, 5.74) is 0. The highest BCUT2D eigenvalue weighted by Gasteiger charge is 1.57. The summed E-state index contributed by atoms with van der Waals surface area (Å²) in [4.78, 5) is 0. The molecule has 0 saturated carbocycles. The number of allylic oxidation sites excluding steroid dienone is 1.